The van der Waals surface area contributed by atoms with Crippen molar-refractivity contribution < 1.29 is 9.84 Å². The van der Waals surface area contributed by atoms with Crippen LogP contribution in [0.25, 0.3) is 0 Å². The summed E-state index contributed by atoms with van der Waals surface area (Å²) >= 11 is 3.32. The van der Waals surface area contributed by atoms with Crippen molar-refractivity contribution in [1.82, 2.24) is 0 Å². The summed E-state index contributed by atoms with van der Waals surface area (Å²) in [6.45, 7) is 6.03. The molecule has 0 aliphatic heterocycles. The fourth-order valence-corrected chi connectivity index (χ4v) is 1.01. The third-order valence-corrected chi connectivity index (χ3v) is 1.83. The van der Waals surface area contributed by atoms with Crippen molar-refractivity contribution in [3.05, 3.63) is 28.7 Å². The number of aliphatic hydroxyl groups is 1. The van der Waals surface area contributed by atoms with Gasteiger partial charge in [0.15, 0.2) is 0 Å². The van der Waals surface area contributed by atoms with Crippen molar-refractivity contribution in [1.29, 1.82) is 0 Å². The number of hydrogen-bond donors (Lipinski definition) is 1. The number of benzene rings is 1. The molecule has 0 amide bonds. The highest BCUT2D eigenvalue weighted by Gasteiger charge is 1.96. The van der Waals surface area contributed by atoms with Crippen LogP contribution < -0.4 is 4.74 Å². The Labute approximate surface area is 94.0 Å². The molecule has 14 heavy (non-hydrogen) atoms. The van der Waals surface area contributed by atoms with E-state index < -0.39 is 6.10 Å². The smallest absolute Gasteiger partial charge is 0.119 e. The molecular weight excluding hydrogens is 244 g/mol. The van der Waals surface area contributed by atoms with Crippen LogP contribution in [0.1, 0.15) is 20.8 Å². The first-order valence-electron chi connectivity index (χ1n) is 4.75. The van der Waals surface area contributed by atoms with Crippen LogP contribution in [0.15, 0.2) is 28.7 Å². The van der Waals surface area contributed by atoms with E-state index in [0.717, 1.165) is 10.2 Å². The third kappa shape index (κ3) is 6.00. The van der Waals surface area contributed by atoms with E-state index in [0.29, 0.717) is 6.61 Å². The van der Waals surface area contributed by atoms with Gasteiger partial charge < -0.3 is 9.84 Å². The lowest BCUT2D eigenvalue weighted by molar-refractivity contribution is 0.122. The zero-order valence-corrected chi connectivity index (χ0v) is 10.4. The molecule has 2 nitrogen and oxygen atoms in total. The maximum absolute atomic E-state index is 8.93. The SMILES string of the molecule is CC.CC(O)COc1ccc(Br)cc1. The van der Waals surface area contributed by atoms with Crippen molar-refractivity contribution in [3.63, 3.8) is 0 Å². The molecule has 0 spiro atoms. The molecule has 3 heteroatoms. The molecule has 0 radical (unpaired) electrons. The van der Waals surface area contributed by atoms with Crippen molar-refractivity contribution in [2.75, 3.05) is 6.61 Å². The Kier molecular flexibility index (Phi) is 7.52. The minimum absolute atomic E-state index is 0.335. The predicted octanol–water partition coefficient (Wildman–Crippen LogP) is 3.23. The van der Waals surface area contributed by atoms with Gasteiger partial charge in [0, 0.05) is 4.47 Å². The zero-order chi connectivity index (χ0) is 11.0. The van der Waals surface area contributed by atoms with E-state index in [1.807, 2.05) is 38.1 Å². The molecule has 1 unspecified atom stereocenters. The Morgan fingerprint density at radius 2 is 1.79 bits per heavy atom. The first kappa shape index (κ1) is 13.5. The molecule has 1 atom stereocenters. The van der Waals surface area contributed by atoms with Gasteiger partial charge >= 0.3 is 0 Å². The van der Waals surface area contributed by atoms with Crippen molar-refractivity contribution in [2.45, 2.75) is 26.9 Å². The molecule has 1 N–H and O–H groups in total. The maximum atomic E-state index is 8.93. The summed E-state index contributed by atoms with van der Waals surface area (Å²) in [6.07, 6.45) is -0.423. The van der Waals surface area contributed by atoms with Crippen LogP contribution in [0.3, 0.4) is 0 Å². The summed E-state index contributed by atoms with van der Waals surface area (Å²) in [4.78, 5) is 0. The molecule has 0 aliphatic rings. The molecule has 0 saturated heterocycles. The minimum Gasteiger partial charge on any atom is -0.491 e. The predicted molar refractivity (Wildman–Crippen MR) is 62.7 cm³/mol. The summed E-state index contributed by atoms with van der Waals surface area (Å²) in [5.41, 5.74) is 0. The van der Waals surface area contributed by atoms with Gasteiger partial charge in [0.2, 0.25) is 0 Å². The van der Waals surface area contributed by atoms with E-state index in [1.165, 1.54) is 0 Å². The van der Waals surface area contributed by atoms with Gasteiger partial charge in [-0.3, -0.25) is 0 Å². The summed E-state index contributed by atoms with van der Waals surface area (Å²) in [6, 6.07) is 7.51. The fraction of sp³-hybridized carbons (Fsp3) is 0.455. The van der Waals surface area contributed by atoms with E-state index in [2.05, 4.69) is 15.9 Å². The molecule has 0 bridgehead atoms. The van der Waals surface area contributed by atoms with E-state index in [1.54, 1.807) is 6.92 Å². The van der Waals surface area contributed by atoms with Gasteiger partial charge in [-0.15, -0.1) is 0 Å². The molecule has 0 aromatic heterocycles. The zero-order valence-electron chi connectivity index (χ0n) is 8.83. The normalized spacial score (nSPS) is 11.2. The van der Waals surface area contributed by atoms with Crippen molar-refractivity contribution >= 4 is 15.9 Å². The van der Waals surface area contributed by atoms with Gasteiger partial charge in [-0.05, 0) is 31.2 Å². The van der Waals surface area contributed by atoms with E-state index >= 15 is 0 Å². The second-order valence-electron chi connectivity index (χ2n) is 2.61. The highest BCUT2D eigenvalue weighted by atomic mass is 79.9. The summed E-state index contributed by atoms with van der Waals surface area (Å²) in [5, 5.41) is 8.93. The fourth-order valence-electron chi connectivity index (χ4n) is 0.748. The second kappa shape index (κ2) is 7.83. The lowest BCUT2D eigenvalue weighted by Crippen LogP contribution is -2.12. The lowest BCUT2D eigenvalue weighted by Gasteiger charge is -2.07. The van der Waals surface area contributed by atoms with Crippen LogP contribution in [-0.4, -0.2) is 17.8 Å². The van der Waals surface area contributed by atoms with Crippen LogP contribution in [0, 0.1) is 0 Å². The summed E-state index contributed by atoms with van der Waals surface area (Å²) < 4.78 is 6.27. The number of halogens is 1. The Balaban J connectivity index is 0.000000791. The summed E-state index contributed by atoms with van der Waals surface area (Å²) in [7, 11) is 0. The Morgan fingerprint density at radius 3 is 2.21 bits per heavy atom. The van der Waals surface area contributed by atoms with Gasteiger partial charge in [0.05, 0.1) is 6.10 Å². The molecule has 1 aromatic carbocycles. The highest BCUT2D eigenvalue weighted by molar-refractivity contribution is 9.10. The van der Waals surface area contributed by atoms with Gasteiger partial charge in [-0.25, -0.2) is 0 Å². The number of rotatable bonds is 3. The first-order chi connectivity index (χ1) is 6.68. The number of ether oxygens (including phenoxy) is 1. The van der Waals surface area contributed by atoms with Crippen LogP contribution in [0.4, 0.5) is 0 Å². The average molecular weight is 261 g/mol. The molecule has 0 fully saturated rings. The minimum atomic E-state index is -0.423. The molecule has 0 saturated carbocycles. The molecule has 0 aliphatic carbocycles. The van der Waals surface area contributed by atoms with Gasteiger partial charge in [-0.2, -0.15) is 0 Å². The Bertz CT molecular complexity index is 232. The lowest BCUT2D eigenvalue weighted by atomic mass is 10.3. The monoisotopic (exact) mass is 260 g/mol. The summed E-state index contributed by atoms with van der Waals surface area (Å²) in [5.74, 6) is 0.777. The highest BCUT2D eigenvalue weighted by Crippen LogP contribution is 2.15. The van der Waals surface area contributed by atoms with Crippen molar-refractivity contribution in [2.24, 2.45) is 0 Å². The largest absolute Gasteiger partial charge is 0.491 e. The van der Waals surface area contributed by atoms with Gasteiger partial charge in [0.25, 0.3) is 0 Å². The van der Waals surface area contributed by atoms with E-state index in [9.17, 15) is 0 Å². The molecule has 0 heterocycles. The Morgan fingerprint density at radius 1 is 1.29 bits per heavy atom. The van der Waals surface area contributed by atoms with Crippen LogP contribution in [-0.2, 0) is 0 Å². The van der Waals surface area contributed by atoms with E-state index in [-0.39, 0.29) is 0 Å². The van der Waals surface area contributed by atoms with Crippen LogP contribution in [0.2, 0.25) is 0 Å². The molecule has 1 aromatic rings. The van der Waals surface area contributed by atoms with Crippen LogP contribution in [0.5, 0.6) is 5.75 Å². The van der Waals surface area contributed by atoms with Crippen molar-refractivity contribution in [3.8, 4) is 5.75 Å². The average Bonchev–Trinajstić information content (AvgIpc) is 2.20. The second-order valence-corrected chi connectivity index (χ2v) is 3.53. The molecular formula is C11H17BrO2. The van der Waals surface area contributed by atoms with Crippen LogP contribution >= 0.6 is 15.9 Å². The number of hydrogen-bond acceptors (Lipinski definition) is 2. The standard InChI is InChI=1S/C9H11BrO2.C2H6/c1-7(11)6-12-9-4-2-8(10)3-5-9;1-2/h2-5,7,11H,6H2,1H3;1-2H3. The van der Waals surface area contributed by atoms with Gasteiger partial charge in [-0.1, -0.05) is 29.8 Å². The third-order valence-electron chi connectivity index (χ3n) is 1.30. The van der Waals surface area contributed by atoms with E-state index in [4.69, 9.17) is 9.84 Å². The quantitative estimate of drug-likeness (QED) is 0.905. The van der Waals surface area contributed by atoms with Gasteiger partial charge in [0.1, 0.15) is 12.4 Å². The molecule has 1 rings (SSSR count). The maximum Gasteiger partial charge on any atom is 0.119 e. The number of aliphatic hydroxyl groups excluding tert-OH is 1. The topological polar surface area (TPSA) is 29.5 Å². The Hall–Kier alpha value is -0.540. The first-order valence-corrected chi connectivity index (χ1v) is 5.54. The molecule has 80 valence electrons.